The van der Waals surface area contributed by atoms with Gasteiger partial charge in [0.25, 0.3) is 0 Å². The highest BCUT2D eigenvalue weighted by molar-refractivity contribution is 7.99. The lowest BCUT2D eigenvalue weighted by molar-refractivity contribution is -0.118. The SMILES string of the molecule is CC(N)CSCC(N)C(N)=O. The lowest BCUT2D eigenvalue weighted by atomic mass is 10.3. The van der Waals surface area contributed by atoms with E-state index in [0.717, 1.165) is 5.75 Å². The van der Waals surface area contributed by atoms with Gasteiger partial charge in [-0.25, -0.2) is 0 Å². The van der Waals surface area contributed by atoms with Crippen LogP contribution in [0, 0.1) is 0 Å². The summed E-state index contributed by atoms with van der Waals surface area (Å²) >= 11 is 1.55. The zero-order chi connectivity index (χ0) is 8.85. The molecule has 2 unspecified atom stereocenters. The van der Waals surface area contributed by atoms with E-state index in [1.807, 2.05) is 6.92 Å². The molecule has 0 spiro atoms. The van der Waals surface area contributed by atoms with Crippen molar-refractivity contribution in [1.82, 2.24) is 0 Å². The molecule has 1 amide bonds. The van der Waals surface area contributed by atoms with Crippen molar-refractivity contribution in [2.75, 3.05) is 11.5 Å². The molecule has 0 aromatic heterocycles. The molecule has 0 heterocycles. The molecule has 0 aromatic carbocycles. The van der Waals surface area contributed by atoms with Crippen molar-refractivity contribution >= 4 is 17.7 Å². The first-order valence-electron chi connectivity index (χ1n) is 3.42. The van der Waals surface area contributed by atoms with Crippen LogP contribution in [0.3, 0.4) is 0 Å². The van der Waals surface area contributed by atoms with Crippen LogP contribution in [0.2, 0.25) is 0 Å². The van der Waals surface area contributed by atoms with Crippen LogP contribution < -0.4 is 17.2 Å². The minimum Gasteiger partial charge on any atom is -0.368 e. The highest BCUT2D eigenvalue weighted by atomic mass is 32.2. The van der Waals surface area contributed by atoms with Crippen molar-refractivity contribution in [2.24, 2.45) is 17.2 Å². The lowest BCUT2D eigenvalue weighted by Gasteiger charge is -2.07. The normalized spacial score (nSPS) is 15.9. The van der Waals surface area contributed by atoms with Gasteiger partial charge in [0.2, 0.25) is 5.91 Å². The van der Waals surface area contributed by atoms with Gasteiger partial charge < -0.3 is 17.2 Å². The van der Waals surface area contributed by atoms with Gasteiger partial charge in [-0.3, -0.25) is 4.79 Å². The summed E-state index contributed by atoms with van der Waals surface area (Å²) in [5, 5.41) is 0. The van der Waals surface area contributed by atoms with E-state index in [1.165, 1.54) is 0 Å². The fourth-order valence-electron chi connectivity index (χ4n) is 0.463. The molecule has 0 aliphatic heterocycles. The van der Waals surface area contributed by atoms with Crippen molar-refractivity contribution in [3.05, 3.63) is 0 Å². The van der Waals surface area contributed by atoms with Gasteiger partial charge in [-0.15, -0.1) is 0 Å². The molecule has 4 nitrogen and oxygen atoms in total. The number of rotatable bonds is 5. The average Bonchev–Trinajstić information content (AvgIpc) is 1.86. The maximum atomic E-state index is 10.4. The molecule has 0 aliphatic carbocycles. The maximum Gasteiger partial charge on any atom is 0.235 e. The van der Waals surface area contributed by atoms with Crippen LogP contribution in [0.25, 0.3) is 0 Å². The third kappa shape index (κ3) is 6.15. The molecule has 0 radical (unpaired) electrons. The molecule has 0 aromatic rings. The smallest absolute Gasteiger partial charge is 0.235 e. The summed E-state index contributed by atoms with van der Waals surface area (Å²) in [5.74, 6) is 0.903. The van der Waals surface area contributed by atoms with Gasteiger partial charge in [0, 0.05) is 17.5 Å². The Hall–Kier alpha value is -0.260. The molecule has 0 rings (SSSR count). The number of primary amides is 1. The minimum atomic E-state index is -0.543. The van der Waals surface area contributed by atoms with E-state index in [4.69, 9.17) is 17.2 Å². The fourth-order valence-corrected chi connectivity index (χ4v) is 1.39. The molecule has 11 heavy (non-hydrogen) atoms. The quantitative estimate of drug-likeness (QED) is 0.495. The van der Waals surface area contributed by atoms with Crippen LogP contribution in [0.4, 0.5) is 0 Å². The van der Waals surface area contributed by atoms with E-state index < -0.39 is 11.9 Å². The van der Waals surface area contributed by atoms with Crippen LogP contribution in [0.5, 0.6) is 0 Å². The Morgan fingerprint density at radius 1 is 1.45 bits per heavy atom. The summed E-state index contributed by atoms with van der Waals surface area (Å²) in [7, 11) is 0. The van der Waals surface area contributed by atoms with Gasteiger partial charge in [-0.2, -0.15) is 11.8 Å². The third-order valence-electron chi connectivity index (χ3n) is 1.04. The highest BCUT2D eigenvalue weighted by Gasteiger charge is 2.08. The molecule has 66 valence electrons. The van der Waals surface area contributed by atoms with Crippen LogP contribution in [0.1, 0.15) is 6.92 Å². The van der Waals surface area contributed by atoms with Crippen molar-refractivity contribution < 1.29 is 4.79 Å². The second-order valence-corrected chi connectivity index (χ2v) is 3.60. The van der Waals surface area contributed by atoms with Gasteiger partial charge in [-0.05, 0) is 6.92 Å². The van der Waals surface area contributed by atoms with Crippen LogP contribution in [-0.4, -0.2) is 29.5 Å². The summed E-state index contributed by atoms with van der Waals surface area (Å²) < 4.78 is 0. The van der Waals surface area contributed by atoms with Crippen LogP contribution >= 0.6 is 11.8 Å². The molecular formula is C6H15N3OS. The molecule has 5 heteroatoms. The predicted octanol–water partition coefficient (Wildman–Crippen LogP) is -1.12. The number of carbonyl (C=O) groups excluding carboxylic acids is 1. The lowest BCUT2D eigenvalue weighted by Crippen LogP contribution is -2.38. The highest BCUT2D eigenvalue weighted by Crippen LogP contribution is 2.02. The second kappa shape index (κ2) is 5.40. The van der Waals surface area contributed by atoms with Crippen molar-refractivity contribution in [2.45, 2.75) is 19.0 Å². The number of carbonyl (C=O) groups is 1. The zero-order valence-electron chi connectivity index (χ0n) is 6.62. The van der Waals surface area contributed by atoms with Crippen molar-refractivity contribution in [3.8, 4) is 0 Å². The third-order valence-corrected chi connectivity index (χ3v) is 2.40. The van der Waals surface area contributed by atoms with E-state index >= 15 is 0 Å². The molecular weight excluding hydrogens is 162 g/mol. The fraction of sp³-hybridized carbons (Fsp3) is 0.833. The number of thioether (sulfide) groups is 1. The molecule has 0 bridgehead atoms. The number of nitrogens with two attached hydrogens (primary N) is 3. The maximum absolute atomic E-state index is 10.4. The van der Waals surface area contributed by atoms with Gasteiger partial charge >= 0.3 is 0 Å². The summed E-state index contributed by atoms with van der Waals surface area (Å²) in [6.45, 7) is 1.91. The summed E-state index contributed by atoms with van der Waals surface area (Å²) in [4.78, 5) is 10.4. The second-order valence-electron chi connectivity index (χ2n) is 2.52. The van der Waals surface area contributed by atoms with Crippen LogP contribution in [-0.2, 0) is 4.79 Å². The van der Waals surface area contributed by atoms with Gasteiger partial charge in [-0.1, -0.05) is 0 Å². The first kappa shape index (κ1) is 10.7. The first-order valence-corrected chi connectivity index (χ1v) is 4.57. The number of amides is 1. The van der Waals surface area contributed by atoms with Crippen molar-refractivity contribution in [3.63, 3.8) is 0 Å². The molecule has 0 aliphatic rings. The van der Waals surface area contributed by atoms with E-state index in [9.17, 15) is 4.79 Å². The molecule has 0 fully saturated rings. The zero-order valence-corrected chi connectivity index (χ0v) is 7.43. The van der Waals surface area contributed by atoms with E-state index in [2.05, 4.69) is 0 Å². The number of hydrogen-bond acceptors (Lipinski definition) is 4. The molecule has 2 atom stereocenters. The Morgan fingerprint density at radius 2 is 2.00 bits per heavy atom. The first-order chi connectivity index (χ1) is 5.04. The van der Waals surface area contributed by atoms with Crippen LogP contribution in [0.15, 0.2) is 0 Å². The van der Waals surface area contributed by atoms with E-state index in [-0.39, 0.29) is 6.04 Å². The standard InChI is InChI=1S/C6H15N3OS/c1-4(7)2-11-3-5(8)6(9)10/h4-5H,2-3,7-8H2,1H3,(H2,9,10). The Bertz CT molecular complexity index is 129. The monoisotopic (exact) mass is 177 g/mol. The molecule has 6 N–H and O–H groups in total. The Labute approximate surface area is 70.9 Å². The molecule has 0 saturated heterocycles. The van der Waals surface area contributed by atoms with Crippen molar-refractivity contribution in [1.29, 1.82) is 0 Å². The Kier molecular flexibility index (Phi) is 5.27. The Balaban J connectivity index is 3.31. The largest absolute Gasteiger partial charge is 0.368 e. The van der Waals surface area contributed by atoms with E-state index in [0.29, 0.717) is 5.75 Å². The topological polar surface area (TPSA) is 95.1 Å². The Morgan fingerprint density at radius 3 is 2.36 bits per heavy atom. The van der Waals surface area contributed by atoms with Gasteiger partial charge in [0.05, 0.1) is 6.04 Å². The van der Waals surface area contributed by atoms with E-state index in [1.54, 1.807) is 11.8 Å². The average molecular weight is 177 g/mol. The van der Waals surface area contributed by atoms with Gasteiger partial charge in [0.1, 0.15) is 0 Å². The summed E-state index contributed by atoms with van der Waals surface area (Å²) in [5.41, 5.74) is 15.8. The summed E-state index contributed by atoms with van der Waals surface area (Å²) in [6, 6.07) is -0.404. The van der Waals surface area contributed by atoms with Gasteiger partial charge in [0.15, 0.2) is 0 Å². The minimum absolute atomic E-state index is 0.139. The summed E-state index contributed by atoms with van der Waals surface area (Å²) in [6.07, 6.45) is 0. The molecule has 0 saturated carbocycles. The number of hydrogen-bond donors (Lipinski definition) is 3. The predicted molar refractivity (Wildman–Crippen MR) is 48.1 cm³/mol.